The number of carboxylic acid groups (broad SMARTS) is 1. The molecule has 2 aromatic carbocycles. The van der Waals surface area contributed by atoms with Crippen LogP contribution in [0.4, 0.5) is 0 Å². The molecule has 0 saturated heterocycles. The number of H-pyrrole nitrogens is 1. The number of carbonyl (C=O) groups excluding carboxylic acids is 3. The highest BCUT2D eigenvalue weighted by Crippen LogP contribution is 2.19. The number of carboxylic acids is 1. The Balaban J connectivity index is 1.87. The van der Waals surface area contributed by atoms with E-state index in [1.807, 2.05) is 24.3 Å². The van der Waals surface area contributed by atoms with E-state index in [9.17, 15) is 29.4 Å². The Labute approximate surface area is 213 Å². The average Bonchev–Trinajstić information content (AvgIpc) is 3.27. The van der Waals surface area contributed by atoms with Crippen molar-refractivity contribution in [3.63, 3.8) is 0 Å². The molecule has 3 rings (SSSR count). The number of carbonyl (C=O) groups is 4. The van der Waals surface area contributed by atoms with Crippen LogP contribution in [0, 0.1) is 0 Å². The molecule has 3 amide bonds. The zero-order valence-corrected chi connectivity index (χ0v) is 20.5. The number of aliphatic carboxylic acids is 1. The summed E-state index contributed by atoms with van der Waals surface area (Å²) in [6.07, 6.45) is 1.86. The number of nitrogens with two attached hydrogens (primary N) is 1. The van der Waals surface area contributed by atoms with Crippen molar-refractivity contribution in [1.29, 1.82) is 0 Å². The number of aromatic amines is 1. The summed E-state index contributed by atoms with van der Waals surface area (Å²) in [5.74, 6) is -3.07. The first-order valence-electron chi connectivity index (χ1n) is 11.8. The second-order valence-electron chi connectivity index (χ2n) is 8.91. The molecule has 1 aromatic heterocycles. The molecule has 4 atom stereocenters. The van der Waals surface area contributed by atoms with Crippen LogP contribution >= 0.6 is 0 Å². The number of aromatic hydroxyl groups is 1. The van der Waals surface area contributed by atoms with Crippen LogP contribution in [-0.2, 0) is 32.0 Å². The smallest absolute Gasteiger partial charge is 0.325 e. The van der Waals surface area contributed by atoms with Gasteiger partial charge in [0.25, 0.3) is 0 Å². The van der Waals surface area contributed by atoms with Gasteiger partial charge in [-0.15, -0.1) is 0 Å². The number of amides is 3. The van der Waals surface area contributed by atoms with Gasteiger partial charge in [0.2, 0.25) is 17.7 Å². The number of para-hydroxylation sites is 1. The molecule has 0 radical (unpaired) electrons. The minimum atomic E-state index is -1.22. The van der Waals surface area contributed by atoms with E-state index in [0.29, 0.717) is 5.56 Å². The fourth-order valence-corrected chi connectivity index (χ4v) is 3.76. The number of fused-ring (bicyclic) bond motifs is 1. The fraction of sp³-hybridized carbons (Fsp3) is 0.308. The lowest BCUT2D eigenvalue weighted by molar-refractivity contribution is -0.141. The van der Waals surface area contributed by atoms with Gasteiger partial charge in [0.05, 0.1) is 6.04 Å². The standard InChI is InChI=1S/C26H31N5O6/c1-14(27)23(33)30-21(11-16-7-9-18(32)10-8-16)25(35)31-22(24(34)29-15(2)26(36)37)12-17-13-28-20-6-4-3-5-19(17)20/h3-10,13-15,21-22,28,32H,11-12,27H2,1-2H3,(H,29,34)(H,30,33)(H,31,35)(H,36,37). The van der Waals surface area contributed by atoms with Gasteiger partial charge < -0.3 is 36.9 Å². The van der Waals surface area contributed by atoms with E-state index in [1.54, 1.807) is 18.3 Å². The molecule has 11 nitrogen and oxygen atoms in total. The summed E-state index contributed by atoms with van der Waals surface area (Å²) in [6, 6.07) is 9.30. The number of benzene rings is 2. The summed E-state index contributed by atoms with van der Waals surface area (Å²) in [7, 11) is 0. The van der Waals surface area contributed by atoms with Gasteiger partial charge in [-0.3, -0.25) is 19.2 Å². The van der Waals surface area contributed by atoms with Gasteiger partial charge in [0.1, 0.15) is 23.9 Å². The molecule has 196 valence electrons. The molecule has 0 aliphatic heterocycles. The van der Waals surface area contributed by atoms with Crippen molar-refractivity contribution in [3.05, 3.63) is 65.9 Å². The van der Waals surface area contributed by atoms with E-state index < -0.39 is 47.9 Å². The fourth-order valence-electron chi connectivity index (χ4n) is 3.76. The van der Waals surface area contributed by atoms with E-state index in [4.69, 9.17) is 5.73 Å². The molecule has 0 aliphatic carbocycles. The Morgan fingerprint density at radius 3 is 2.11 bits per heavy atom. The van der Waals surface area contributed by atoms with Crippen LogP contribution in [0.5, 0.6) is 5.75 Å². The van der Waals surface area contributed by atoms with Gasteiger partial charge in [0, 0.05) is 29.9 Å². The zero-order chi connectivity index (χ0) is 27.1. The van der Waals surface area contributed by atoms with Crippen LogP contribution in [-0.4, -0.2) is 63.1 Å². The Bertz CT molecular complexity index is 1270. The Morgan fingerprint density at radius 1 is 0.865 bits per heavy atom. The van der Waals surface area contributed by atoms with Crippen molar-refractivity contribution in [2.24, 2.45) is 5.73 Å². The van der Waals surface area contributed by atoms with Gasteiger partial charge in [-0.05, 0) is 43.2 Å². The minimum Gasteiger partial charge on any atom is -0.508 e. The third-order valence-electron chi connectivity index (χ3n) is 5.88. The Hall–Kier alpha value is -4.38. The largest absolute Gasteiger partial charge is 0.508 e. The summed E-state index contributed by atoms with van der Waals surface area (Å²) in [4.78, 5) is 53.2. The molecule has 8 N–H and O–H groups in total. The number of phenolic OH excluding ortho intramolecular Hbond substituents is 1. The van der Waals surface area contributed by atoms with Gasteiger partial charge in [-0.2, -0.15) is 0 Å². The van der Waals surface area contributed by atoms with Gasteiger partial charge >= 0.3 is 5.97 Å². The Morgan fingerprint density at radius 2 is 1.46 bits per heavy atom. The van der Waals surface area contributed by atoms with E-state index in [-0.39, 0.29) is 18.6 Å². The summed E-state index contributed by atoms with van der Waals surface area (Å²) >= 11 is 0. The number of hydrogen-bond donors (Lipinski definition) is 7. The molecule has 1 heterocycles. The van der Waals surface area contributed by atoms with Gasteiger partial charge in [0.15, 0.2) is 0 Å². The van der Waals surface area contributed by atoms with E-state index >= 15 is 0 Å². The highest BCUT2D eigenvalue weighted by atomic mass is 16.4. The maximum absolute atomic E-state index is 13.4. The maximum Gasteiger partial charge on any atom is 0.325 e. The SMILES string of the molecule is CC(N)C(=O)NC(Cc1ccc(O)cc1)C(=O)NC(Cc1c[nH]c2ccccc12)C(=O)NC(C)C(=O)O. The predicted molar refractivity (Wildman–Crippen MR) is 137 cm³/mol. The van der Waals surface area contributed by atoms with Crippen molar-refractivity contribution < 1.29 is 29.4 Å². The van der Waals surface area contributed by atoms with Crippen LogP contribution < -0.4 is 21.7 Å². The molecule has 0 fully saturated rings. The van der Waals surface area contributed by atoms with Gasteiger partial charge in [-0.1, -0.05) is 30.3 Å². The molecular formula is C26H31N5O6. The summed E-state index contributed by atoms with van der Waals surface area (Å²) < 4.78 is 0. The van der Waals surface area contributed by atoms with Crippen molar-refractivity contribution in [2.75, 3.05) is 0 Å². The van der Waals surface area contributed by atoms with Gasteiger partial charge in [-0.25, -0.2) is 0 Å². The summed E-state index contributed by atoms with van der Waals surface area (Å²) in [5, 5.41) is 27.3. The molecule has 4 unspecified atom stereocenters. The number of nitrogens with one attached hydrogen (secondary N) is 4. The third-order valence-corrected chi connectivity index (χ3v) is 5.88. The van der Waals surface area contributed by atoms with Crippen LogP contribution in [0.15, 0.2) is 54.7 Å². The topological polar surface area (TPSA) is 187 Å². The van der Waals surface area contributed by atoms with Crippen LogP contribution in [0.25, 0.3) is 10.9 Å². The number of phenols is 1. The second kappa shape index (κ2) is 12.0. The molecule has 11 heteroatoms. The first-order chi connectivity index (χ1) is 17.5. The number of rotatable bonds is 11. The monoisotopic (exact) mass is 509 g/mol. The molecule has 3 aromatic rings. The van der Waals surface area contributed by atoms with E-state index in [2.05, 4.69) is 20.9 Å². The molecule has 0 spiro atoms. The first-order valence-corrected chi connectivity index (χ1v) is 11.8. The molecule has 0 aliphatic rings. The number of aromatic nitrogens is 1. The van der Waals surface area contributed by atoms with Crippen molar-refractivity contribution in [3.8, 4) is 5.75 Å². The van der Waals surface area contributed by atoms with Crippen molar-refractivity contribution >= 4 is 34.6 Å². The Kier molecular flexibility index (Phi) is 8.86. The lowest BCUT2D eigenvalue weighted by atomic mass is 10.0. The average molecular weight is 510 g/mol. The maximum atomic E-state index is 13.4. The molecule has 0 bridgehead atoms. The first kappa shape index (κ1) is 27.2. The highest BCUT2D eigenvalue weighted by molar-refractivity contribution is 5.94. The van der Waals surface area contributed by atoms with Crippen LogP contribution in [0.3, 0.4) is 0 Å². The highest BCUT2D eigenvalue weighted by Gasteiger charge is 2.30. The van der Waals surface area contributed by atoms with Crippen molar-refractivity contribution in [1.82, 2.24) is 20.9 Å². The molecule has 37 heavy (non-hydrogen) atoms. The summed E-state index contributed by atoms with van der Waals surface area (Å²) in [5.41, 5.74) is 7.91. The summed E-state index contributed by atoms with van der Waals surface area (Å²) in [6.45, 7) is 2.80. The normalized spacial score (nSPS) is 14.2. The molecule has 0 saturated carbocycles. The minimum absolute atomic E-state index is 0.0485. The quantitative estimate of drug-likeness (QED) is 0.197. The van der Waals surface area contributed by atoms with E-state index in [0.717, 1.165) is 16.5 Å². The van der Waals surface area contributed by atoms with Crippen LogP contribution in [0.1, 0.15) is 25.0 Å². The van der Waals surface area contributed by atoms with Crippen molar-refractivity contribution in [2.45, 2.75) is 50.9 Å². The lowest BCUT2D eigenvalue weighted by Crippen LogP contribution is -2.57. The van der Waals surface area contributed by atoms with Crippen LogP contribution in [0.2, 0.25) is 0 Å². The lowest BCUT2D eigenvalue weighted by Gasteiger charge is -2.24. The van der Waals surface area contributed by atoms with E-state index in [1.165, 1.54) is 26.0 Å². The molecular weight excluding hydrogens is 478 g/mol. The zero-order valence-electron chi connectivity index (χ0n) is 20.5. The predicted octanol–water partition coefficient (Wildman–Crippen LogP) is 0.565. The second-order valence-corrected chi connectivity index (χ2v) is 8.91. The third kappa shape index (κ3) is 7.31. The number of hydrogen-bond acceptors (Lipinski definition) is 6.